The molecule has 1 aliphatic rings. The fourth-order valence-corrected chi connectivity index (χ4v) is 2.59. The van der Waals surface area contributed by atoms with Crippen molar-refractivity contribution in [3.8, 4) is 0 Å². The Labute approximate surface area is 125 Å². The summed E-state index contributed by atoms with van der Waals surface area (Å²) in [7, 11) is 0. The summed E-state index contributed by atoms with van der Waals surface area (Å²) in [6.07, 6.45) is 0.293. The Hall–Kier alpha value is -2.04. The summed E-state index contributed by atoms with van der Waals surface area (Å²) in [6.45, 7) is 5.59. The number of nitrogens with one attached hydrogen (secondary N) is 1. The number of aliphatic carboxylic acids is 1. The lowest BCUT2D eigenvalue weighted by Crippen LogP contribution is -2.48. The predicted octanol–water partition coefficient (Wildman–Crippen LogP) is 1.98. The molecule has 1 heterocycles. The fourth-order valence-electron chi connectivity index (χ4n) is 2.59. The van der Waals surface area contributed by atoms with E-state index in [0.29, 0.717) is 31.3 Å². The number of nitrogens with zero attached hydrogens (tertiary/aromatic N) is 1. The van der Waals surface area contributed by atoms with Crippen LogP contribution in [0.5, 0.6) is 0 Å². The highest BCUT2D eigenvalue weighted by atomic mass is 16.4. The molecule has 1 saturated heterocycles. The molecule has 2 amide bonds. The number of amides is 2. The quantitative estimate of drug-likeness (QED) is 0.891. The maximum atomic E-state index is 12.2. The molecule has 0 saturated carbocycles. The zero-order valence-corrected chi connectivity index (χ0v) is 12.5. The van der Waals surface area contributed by atoms with Gasteiger partial charge in [0.25, 0.3) is 0 Å². The molecule has 3 atom stereocenters. The third kappa shape index (κ3) is 3.97. The maximum Gasteiger partial charge on any atom is 0.326 e. The summed E-state index contributed by atoms with van der Waals surface area (Å²) < 4.78 is 0. The molecular formula is C16H22N2O3. The Balaban J connectivity index is 1.97. The van der Waals surface area contributed by atoms with Crippen molar-refractivity contribution in [2.24, 2.45) is 11.8 Å². The van der Waals surface area contributed by atoms with Gasteiger partial charge in [-0.05, 0) is 17.4 Å². The van der Waals surface area contributed by atoms with Crippen LogP contribution in [0.3, 0.4) is 0 Å². The summed E-state index contributed by atoms with van der Waals surface area (Å²) in [5, 5.41) is 11.9. The van der Waals surface area contributed by atoms with Gasteiger partial charge in [0.2, 0.25) is 0 Å². The van der Waals surface area contributed by atoms with Gasteiger partial charge in [0.1, 0.15) is 6.04 Å². The highest BCUT2D eigenvalue weighted by Gasteiger charge is 2.31. The molecule has 0 spiro atoms. The Morgan fingerprint density at radius 3 is 2.33 bits per heavy atom. The number of carbonyl (C=O) groups is 2. The highest BCUT2D eigenvalue weighted by molar-refractivity contribution is 5.83. The largest absolute Gasteiger partial charge is 0.480 e. The van der Waals surface area contributed by atoms with Gasteiger partial charge in [0.05, 0.1) is 0 Å². The second kappa shape index (κ2) is 6.61. The fraction of sp³-hybridized carbons (Fsp3) is 0.500. The average molecular weight is 290 g/mol. The van der Waals surface area contributed by atoms with Crippen molar-refractivity contribution in [3.63, 3.8) is 0 Å². The van der Waals surface area contributed by atoms with Gasteiger partial charge in [0, 0.05) is 19.5 Å². The molecule has 1 aromatic carbocycles. The predicted molar refractivity (Wildman–Crippen MR) is 80.0 cm³/mol. The minimum atomic E-state index is -1.01. The number of carboxylic acids is 1. The SMILES string of the molecule is CC1CN(C(=O)N[C@H](Cc2ccccc2)C(=O)O)CC1C. The molecule has 1 aromatic rings. The smallest absolute Gasteiger partial charge is 0.326 e. The minimum absolute atomic E-state index is 0.283. The van der Waals surface area contributed by atoms with E-state index in [1.807, 2.05) is 30.3 Å². The van der Waals surface area contributed by atoms with Crippen molar-refractivity contribution >= 4 is 12.0 Å². The van der Waals surface area contributed by atoms with Crippen molar-refractivity contribution in [1.29, 1.82) is 0 Å². The number of urea groups is 1. The van der Waals surface area contributed by atoms with Gasteiger partial charge in [0.15, 0.2) is 0 Å². The molecule has 5 heteroatoms. The zero-order valence-electron chi connectivity index (χ0n) is 12.5. The molecular weight excluding hydrogens is 268 g/mol. The molecule has 0 aliphatic carbocycles. The standard InChI is InChI=1S/C16H22N2O3/c1-11-9-18(10-12(11)2)16(21)17-14(15(19)20)8-13-6-4-3-5-7-13/h3-7,11-12,14H,8-10H2,1-2H3,(H,17,21)(H,19,20)/t11?,12?,14-/m1/s1. The summed E-state index contributed by atoms with van der Waals surface area (Å²) in [5.74, 6) is -0.103. The van der Waals surface area contributed by atoms with Crippen LogP contribution >= 0.6 is 0 Å². The number of benzene rings is 1. The number of carbonyl (C=O) groups excluding carboxylic acids is 1. The molecule has 2 N–H and O–H groups in total. The normalized spacial score (nSPS) is 22.9. The van der Waals surface area contributed by atoms with Crippen LogP contribution in [0.1, 0.15) is 19.4 Å². The second-order valence-electron chi connectivity index (χ2n) is 5.89. The topological polar surface area (TPSA) is 69.6 Å². The van der Waals surface area contributed by atoms with Crippen molar-refractivity contribution in [2.75, 3.05) is 13.1 Å². The van der Waals surface area contributed by atoms with Crippen LogP contribution in [0, 0.1) is 11.8 Å². The number of rotatable bonds is 4. The first-order valence-corrected chi connectivity index (χ1v) is 7.29. The number of hydrogen-bond acceptors (Lipinski definition) is 2. The van der Waals surface area contributed by atoms with E-state index in [2.05, 4.69) is 19.2 Å². The van der Waals surface area contributed by atoms with E-state index < -0.39 is 12.0 Å². The molecule has 1 aliphatic heterocycles. The Bertz CT molecular complexity index is 494. The molecule has 0 aromatic heterocycles. The van der Waals surface area contributed by atoms with Crippen molar-refractivity contribution in [1.82, 2.24) is 10.2 Å². The van der Waals surface area contributed by atoms with Gasteiger partial charge in [-0.2, -0.15) is 0 Å². The molecule has 21 heavy (non-hydrogen) atoms. The molecule has 2 unspecified atom stereocenters. The van der Waals surface area contributed by atoms with Crippen LogP contribution in [0.2, 0.25) is 0 Å². The molecule has 114 valence electrons. The van der Waals surface area contributed by atoms with Crippen molar-refractivity contribution in [2.45, 2.75) is 26.3 Å². The van der Waals surface area contributed by atoms with Gasteiger partial charge in [-0.15, -0.1) is 0 Å². The van der Waals surface area contributed by atoms with Gasteiger partial charge in [-0.1, -0.05) is 44.2 Å². The van der Waals surface area contributed by atoms with Crippen LogP contribution in [0.25, 0.3) is 0 Å². The first kappa shape index (κ1) is 15.4. The summed E-state index contributed by atoms with van der Waals surface area (Å²) in [4.78, 5) is 25.2. The van der Waals surface area contributed by atoms with E-state index in [0.717, 1.165) is 5.56 Å². The monoisotopic (exact) mass is 290 g/mol. The molecule has 2 rings (SSSR count). The summed E-state index contributed by atoms with van der Waals surface area (Å²) >= 11 is 0. The first-order valence-electron chi connectivity index (χ1n) is 7.29. The van der Waals surface area contributed by atoms with E-state index in [1.165, 1.54) is 0 Å². The Morgan fingerprint density at radius 1 is 1.24 bits per heavy atom. The lowest BCUT2D eigenvalue weighted by atomic mass is 10.0. The average Bonchev–Trinajstić information content (AvgIpc) is 2.79. The van der Waals surface area contributed by atoms with Crippen molar-refractivity contribution in [3.05, 3.63) is 35.9 Å². The lowest BCUT2D eigenvalue weighted by Gasteiger charge is -2.21. The van der Waals surface area contributed by atoms with E-state index in [1.54, 1.807) is 4.90 Å². The van der Waals surface area contributed by atoms with Gasteiger partial charge < -0.3 is 15.3 Å². The second-order valence-corrected chi connectivity index (χ2v) is 5.89. The van der Waals surface area contributed by atoms with E-state index in [4.69, 9.17) is 0 Å². The number of carboxylic acid groups (broad SMARTS) is 1. The van der Waals surface area contributed by atoms with Gasteiger partial charge in [-0.25, -0.2) is 9.59 Å². The molecule has 5 nitrogen and oxygen atoms in total. The van der Waals surface area contributed by atoms with E-state index >= 15 is 0 Å². The van der Waals surface area contributed by atoms with Crippen LogP contribution in [-0.2, 0) is 11.2 Å². The van der Waals surface area contributed by atoms with Gasteiger partial charge in [-0.3, -0.25) is 0 Å². The molecule has 0 bridgehead atoms. The summed E-state index contributed by atoms with van der Waals surface area (Å²) in [6, 6.07) is 8.15. The van der Waals surface area contributed by atoms with Crippen LogP contribution in [-0.4, -0.2) is 41.1 Å². The minimum Gasteiger partial charge on any atom is -0.480 e. The number of likely N-dealkylation sites (tertiary alicyclic amines) is 1. The Kier molecular flexibility index (Phi) is 4.83. The van der Waals surface area contributed by atoms with Crippen LogP contribution < -0.4 is 5.32 Å². The van der Waals surface area contributed by atoms with Crippen LogP contribution in [0.4, 0.5) is 4.79 Å². The Morgan fingerprint density at radius 2 is 1.81 bits per heavy atom. The third-order valence-electron chi connectivity index (χ3n) is 4.15. The number of hydrogen-bond donors (Lipinski definition) is 2. The lowest BCUT2D eigenvalue weighted by molar-refractivity contribution is -0.139. The summed E-state index contributed by atoms with van der Waals surface area (Å²) in [5.41, 5.74) is 0.897. The van der Waals surface area contributed by atoms with Crippen molar-refractivity contribution < 1.29 is 14.7 Å². The third-order valence-corrected chi connectivity index (χ3v) is 4.15. The first-order chi connectivity index (χ1) is 9.97. The highest BCUT2D eigenvalue weighted by Crippen LogP contribution is 2.22. The van der Waals surface area contributed by atoms with E-state index in [-0.39, 0.29) is 6.03 Å². The molecule has 0 radical (unpaired) electrons. The van der Waals surface area contributed by atoms with Crippen LogP contribution in [0.15, 0.2) is 30.3 Å². The zero-order chi connectivity index (χ0) is 15.4. The molecule has 1 fully saturated rings. The van der Waals surface area contributed by atoms with E-state index in [9.17, 15) is 14.7 Å². The maximum absolute atomic E-state index is 12.2. The van der Waals surface area contributed by atoms with Gasteiger partial charge >= 0.3 is 12.0 Å².